The SMILES string of the molecule is O=C(CCn1ncc2ccccc21)N1CCOC(c2cnccn2)C1. The third kappa shape index (κ3) is 3.36. The molecule has 1 atom stereocenters. The van der Waals surface area contributed by atoms with Gasteiger partial charge in [-0.1, -0.05) is 18.2 Å². The molecule has 2 aromatic heterocycles. The van der Waals surface area contributed by atoms with Gasteiger partial charge in [-0.15, -0.1) is 0 Å². The van der Waals surface area contributed by atoms with Crippen LogP contribution in [0.5, 0.6) is 0 Å². The number of para-hydroxylation sites is 1. The van der Waals surface area contributed by atoms with Gasteiger partial charge in [-0.3, -0.25) is 19.4 Å². The molecule has 1 unspecified atom stereocenters. The van der Waals surface area contributed by atoms with Crippen molar-refractivity contribution >= 4 is 16.8 Å². The van der Waals surface area contributed by atoms with Gasteiger partial charge in [-0.2, -0.15) is 5.10 Å². The van der Waals surface area contributed by atoms with Crippen LogP contribution in [0.3, 0.4) is 0 Å². The molecule has 3 heterocycles. The van der Waals surface area contributed by atoms with Gasteiger partial charge >= 0.3 is 0 Å². The highest BCUT2D eigenvalue weighted by Crippen LogP contribution is 2.20. The Morgan fingerprint density at radius 3 is 3.04 bits per heavy atom. The normalized spacial score (nSPS) is 17.8. The van der Waals surface area contributed by atoms with E-state index in [4.69, 9.17) is 4.74 Å². The second kappa shape index (κ2) is 6.98. The Bertz CT molecular complexity index is 864. The molecule has 1 amide bonds. The van der Waals surface area contributed by atoms with Crippen molar-refractivity contribution in [2.75, 3.05) is 19.7 Å². The Morgan fingerprint density at radius 1 is 1.24 bits per heavy atom. The van der Waals surface area contributed by atoms with Crippen molar-refractivity contribution in [3.8, 4) is 0 Å². The Hall–Kier alpha value is -2.80. The molecule has 1 fully saturated rings. The summed E-state index contributed by atoms with van der Waals surface area (Å²) in [6.07, 6.45) is 7.00. The van der Waals surface area contributed by atoms with Crippen molar-refractivity contribution in [2.45, 2.75) is 19.1 Å². The largest absolute Gasteiger partial charge is 0.368 e. The minimum absolute atomic E-state index is 0.108. The molecular weight excluding hydrogens is 318 g/mol. The van der Waals surface area contributed by atoms with Crippen molar-refractivity contribution in [3.05, 3.63) is 54.7 Å². The molecule has 0 spiro atoms. The molecule has 0 N–H and O–H groups in total. The fraction of sp³-hybridized carbons (Fsp3) is 0.333. The number of morpholine rings is 1. The molecule has 25 heavy (non-hydrogen) atoms. The Labute approximate surface area is 145 Å². The quantitative estimate of drug-likeness (QED) is 0.726. The van der Waals surface area contributed by atoms with Crippen LogP contribution in [0.4, 0.5) is 0 Å². The highest BCUT2D eigenvalue weighted by atomic mass is 16.5. The number of benzene rings is 1. The van der Waals surface area contributed by atoms with Gasteiger partial charge in [0.25, 0.3) is 0 Å². The molecule has 1 aromatic carbocycles. The van der Waals surface area contributed by atoms with E-state index in [2.05, 4.69) is 15.1 Å². The van der Waals surface area contributed by atoms with Crippen LogP contribution in [0.2, 0.25) is 0 Å². The molecule has 0 aliphatic carbocycles. The van der Waals surface area contributed by atoms with E-state index in [1.54, 1.807) is 18.6 Å². The second-order valence-electron chi connectivity index (χ2n) is 6.01. The topological polar surface area (TPSA) is 73.1 Å². The molecule has 1 aliphatic rings. The molecule has 0 saturated carbocycles. The van der Waals surface area contributed by atoms with Crippen LogP contribution in [0.25, 0.3) is 10.9 Å². The Kier molecular flexibility index (Phi) is 4.39. The van der Waals surface area contributed by atoms with Crippen molar-refractivity contribution in [1.29, 1.82) is 0 Å². The third-order valence-corrected chi connectivity index (χ3v) is 4.42. The number of fused-ring (bicyclic) bond motifs is 1. The zero-order valence-electron chi connectivity index (χ0n) is 13.8. The summed E-state index contributed by atoms with van der Waals surface area (Å²) in [4.78, 5) is 22.8. The Morgan fingerprint density at radius 2 is 2.16 bits per heavy atom. The van der Waals surface area contributed by atoms with Gasteiger partial charge in [-0.25, -0.2) is 0 Å². The van der Waals surface area contributed by atoms with E-state index in [9.17, 15) is 4.79 Å². The number of hydrogen-bond acceptors (Lipinski definition) is 5. The van der Waals surface area contributed by atoms with Crippen LogP contribution in [-0.4, -0.2) is 50.3 Å². The first-order valence-corrected chi connectivity index (χ1v) is 8.37. The zero-order valence-corrected chi connectivity index (χ0v) is 13.8. The van der Waals surface area contributed by atoms with Crippen molar-refractivity contribution in [3.63, 3.8) is 0 Å². The van der Waals surface area contributed by atoms with E-state index in [1.807, 2.05) is 40.0 Å². The van der Waals surface area contributed by atoms with Crippen LogP contribution >= 0.6 is 0 Å². The van der Waals surface area contributed by atoms with E-state index < -0.39 is 0 Å². The lowest BCUT2D eigenvalue weighted by Gasteiger charge is -2.32. The van der Waals surface area contributed by atoms with E-state index in [0.29, 0.717) is 32.7 Å². The molecule has 1 saturated heterocycles. The van der Waals surface area contributed by atoms with E-state index in [1.165, 1.54) is 0 Å². The van der Waals surface area contributed by atoms with Crippen LogP contribution in [0.1, 0.15) is 18.2 Å². The van der Waals surface area contributed by atoms with Gasteiger partial charge in [0.05, 0.1) is 43.3 Å². The lowest BCUT2D eigenvalue weighted by molar-refractivity contribution is -0.139. The van der Waals surface area contributed by atoms with Gasteiger partial charge in [0.15, 0.2) is 0 Å². The summed E-state index contributed by atoms with van der Waals surface area (Å²) < 4.78 is 7.62. The maximum atomic E-state index is 12.6. The molecule has 4 rings (SSSR count). The summed E-state index contributed by atoms with van der Waals surface area (Å²) in [6.45, 7) is 2.20. The Balaban J connectivity index is 1.39. The summed E-state index contributed by atoms with van der Waals surface area (Å²) in [7, 11) is 0. The first-order valence-electron chi connectivity index (χ1n) is 8.37. The summed E-state index contributed by atoms with van der Waals surface area (Å²) in [6, 6.07) is 8.01. The number of aryl methyl sites for hydroxylation is 1. The summed E-state index contributed by atoms with van der Waals surface area (Å²) in [5.74, 6) is 0.108. The number of rotatable bonds is 4. The second-order valence-corrected chi connectivity index (χ2v) is 6.01. The predicted octanol–water partition coefficient (Wildman–Crippen LogP) is 1.82. The van der Waals surface area contributed by atoms with Crippen molar-refractivity contribution < 1.29 is 9.53 Å². The zero-order chi connectivity index (χ0) is 17.1. The molecule has 7 heteroatoms. The lowest BCUT2D eigenvalue weighted by Crippen LogP contribution is -2.42. The fourth-order valence-corrected chi connectivity index (χ4v) is 3.10. The van der Waals surface area contributed by atoms with Crippen molar-refractivity contribution in [1.82, 2.24) is 24.6 Å². The average Bonchev–Trinajstić information content (AvgIpc) is 3.10. The standard InChI is InChI=1S/C18H19N5O2/c24-18(5-8-23-16-4-2-1-3-14(16)11-21-23)22-9-10-25-17(13-22)15-12-19-6-7-20-15/h1-4,6-7,11-12,17H,5,8-10,13H2. The highest BCUT2D eigenvalue weighted by Gasteiger charge is 2.26. The van der Waals surface area contributed by atoms with Crippen LogP contribution in [0, 0.1) is 0 Å². The molecule has 0 radical (unpaired) electrons. The minimum Gasteiger partial charge on any atom is -0.368 e. The van der Waals surface area contributed by atoms with E-state index in [-0.39, 0.29) is 12.0 Å². The van der Waals surface area contributed by atoms with Crippen LogP contribution in [0.15, 0.2) is 49.1 Å². The van der Waals surface area contributed by atoms with E-state index >= 15 is 0 Å². The molecular formula is C18H19N5O2. The summed E-state index contributed by atoms with van der Waals surface area (Å²) in [5, 5.41) is 5.46. The molecule has 3 aromatic rings. The van der Waals surface area contributed by atoms with Crippen LogP contribution < -0.4 is 0 Å². The van der Waals surface area contributed by atoms with Gasteiger partial charge in [0.1, 0.15) is 6.10 Å². The maximum absolute atomic E-state index is 12.6. The average molecular weight is 337 g/mol. The molecule has 7 nitrogen and oxygen atoms in total. The van der Waals surface area contributed by atoms with Gasteiger partial charge < -0.3 is 9.64 Å². The van der Waals surface area contributed by atoms with Gasteiger partial charge in [-0.05, 0) is 6.07 Å². The number of ether oxygens (including phenoxy) is 1. The molecule has 128 valence electrons. The number of nitrogens with zero attached hydrogens (tertiary/aromatic N) is 5. The first-order chi connectivity index (χ1) is 12.3. The van der Waals surface area contributed by atoms with Gasteiger partial charge in [0.2, 0.25) is 5.91 Å². The summed E-state index contributed by atoms with van der Waals surface area (Å²) >= 11 is 0. The number of amides is 1. The van der Waals surface area contributed by atoms with E-state index in [0.717, 1.165) is 16.6 Å². The number of carbonyl (C=O) groups is 1. The smallest absolute Gasteiger partial charge is 0.224 e. The van der Waals surface area contributed by atoms with Crippen LogP contribution in [-0.2, 0) is 16.1 Å². The minimum atomic E-state index is -0.211. The monoisotopic (exact) mass is 337 g/mol. The lowest BCUT2D eigenvalue weighted by atomic mass is 10.2. The first kappa shape index (κ1) is 15.7. The maximum Gasteiger partial charge on any atom is 0.224 e. The predicted molar refractivity (Wildman–Crippen MR) is 91.7 cm³/mol. The molecule has 1 aliphatic heterocycles. The van der Waals surface area contributed by atoms with Gasteiger partial charge in [0, 0.05) is 30.7 Å². The van der Waals surface area contributed by atoms with Crippen molar-refractivity contribution in [2.24, 2.45) is 0 Å². The third-order valence-electron chi connectivity index (χ3n) is 4.42. The number of aromatic nitrogens is 4. The fourth-order valence-electron chi connectivity index (χ4n) is 3.10. The highest BCUT2D eigenvalue weighted by molar-refractivity contribution is 5.79. The molecule has 0 bridgehead atoms. The number of hydrogen-bond donors (Lipinski definition) is 0. The number of carbonyl (C=O) groups excluding carboxylic acids is 1. The summed E-state index contributed by atoms with van der Waals surface area (Å²) in [5.41, 5.74) is 1.81.